The predicted molar refractivity (Wildman–Crippen MR) is 95.5 cm³/mol. The van der Waals surface area contributed by atoms with E-state index in [0.717, 1.165) is 36.4 Å². The Hall–Kier alpha value is -2.87. The van der Waals surface area contributed by atoms with Crippen LogP contribution in [0.4, 0.5) is 5.95 Å². The van der Waals surface area contributed by atoms with Crippen molar-refractivity contribution in [3.05, 3.63) is 36.0 Å². The molecule has 26 heavy (non-hydrogen) atoms. The fourth-order valence-electron chi connectivity index (χ4n) is 2.86. The van der Waals surface area contributed by atoms with Crippen molar-refractivity contribution in [2.75, 3.05) is 18.5 Å². The van der Waals surface area contributed by atoms with Gasteiger partial charge in [0.05, 0.1) is 29.3 Å². The second-order valence-corrected chi connectivity index (χ2v) is 6.35. The first-order valence-electron chi connectivity index (χ1n) is 8.64. The molecule has 3 aromatic heterocycles. The summed E-state index contributed by atoms with van der Waals surface area (Å²) in [5.41, 5.74) is 3.67. The molecular weight excluding hydrogens is 332 g/mol. The molecule has 8 nitrogen and oxygen atoms in total. The van der Waals surface area contributed by atoms with Gasteiger partial charge in [-0.05, 0) is 26.7 Å². The number of rotatable bonds is 5. The van der Waals surface area contributed by atoms with Crippen LogP contribution in [0.15, 0.2) is 29.2 Å². The second kappa shape index (κ2) is 7.17. The van der Waals surface area contributed by atoms with E-state index in [4.69, 9.17) is 9.26 Å². The predicted octanol–water partition coefficient (Wildman–Crippen LogP) is 2.80. The van der Waals surface area contributed by atoms with Gasteiger partial charge in [0, 0.05) is 31.6 Å². The SMILES string of the molecule is Cc1cnc(-c2nc(NC[C@@H]3CCCO3)ncc2-c2cc(C)no2)cn1. The van der Waals surface area contributed by atoms with E-state index in [1.54, 1.807) is 18.6 Å². The largest absolute Gasteiger partial charge is 0.376 e. The van der Waals surface area contributed by atoms with Crippen LogP contribution in [0.25, 0.3) is 22.7 Å². The summed E-state index contributed by atoms with van der Waals surface area (Å²) >= 11 is 0. The van der Waals surface area contributed by atoms with Crippen LogP contribution in [0.5, 0.6) is 0 Å². The summed E-state index contributed by atoms with van der Waals surface area (Å²) in [6.45, 7) is 5.27. The van der Waals surface area contributed by atoms with E-state index in [1.807, 2.05) is 19.9 Å². The van der Waals surface area contributed by atoms with Crippen molar-refractivity contribution in [3.63, 3.8) is 0 Å². The zero-order chi connectivity index (χ0) is 17.9. The number of hydrogen-bond donors (Lipinski definition) is 1. The monoisotopic (exact) mass is 352 g/mol. The molecule has 1 atom stereocenters. The van der Waals surface area contributed by atoms with Crippen LogP contribution in [0, 0.1) is 13.8 Å². The van der Waals surface area contributed by atoms with Gasteiger partial charge in [0.25, 0.3) is 0 Å². The van der Waals surface area contributed by atoms with Crippen LogP contribution in [0.2, 0.25) is 0 Å². The summed E-state index contributed by atoms with van der Waals surface area (Å²) in [6, 6.07) is 1.85. The summed E-state index contributed by atoms with van der Waals surface area (Å²) in [5, 5.41) is 7.20. The molecule has 0 saturated carbocycles. The van der Waals surface area contributed by atoms with Gasteiger partial charge in [-0.3, -0.25) is 9.97 Å². The lowest BCUT2D eigenvalue weighted by Crippen LogP contribution is -2.19. The molecule has 3 aromatic rings. The minimum Gasteiger partial charge on any atom is -0.376 e. The molecule has 0 aromatic carbocycles. The average molecular weight is 352 g/mol. The zero-order valence-electron chi connectivity index (χ0n) is 14.8. The highest BCUT2D eigenvalue weighted by molar-refractivity contribution is 5.76. The highest BCUT2D eigenvalue weighted by Gasteiger charge is 2.18. The molecule has 4 rings (SSSR count). The van der Waals surface area contributed by atoms with E-state index >= 15 is 0 Å². The lowest BCUT2D eigenvalue weighted by molar-refractivity contribution is 0.120. The van der Waals surface area contributed by atoms with E-state index < -0.39 is 0 Å². The second-order valence-electron chi connectivity index (χ2n) is 6.35. The summed E-state index contributed by atoms with van der Waals surface area (Å²) in [4.78, 5) is 17.8. The number of hydrogen-bond acceptors (Lipinski definition) is 8. The van der Waals surface area contributed by atoms with Gasteiger partial charge in [0.1, 0.15) is 11.4 Å². The Kier molecular flexibility index (Phi) is 4.57. The Morgan fingerprint density at radius 2 is 2.04 bits per heavy atom. The van der Waals surface area contributed by atoms with Crippen molar-refractivity contribution in [2.24, 2.45) is 0 Å². The number of nitrogens with zero attached hydrogens (tertiary/aromatic N) is 5. The quantitative estimate of drug-likeness (QED) is 0.748. The number of aryl methyl sites for hydroxylation is 2. The Morgan fingerprint density at radius 3 is 2.73 bits per heavy atom. The van der Waals surface area contributed by atoms with E-state index in [9.17, 15) is 0 Å². The maximum absolute atomic E-state index is 5.63. The molecule has 134 valence electrons. The topological polar surface area (TPSA) is 98.9 Å². The van der Waals surface area contributed by atoms with Crippen molar-refractivity contribution in [2.45, 2.75) is 32.8 Å². The molecule has 0 bridgehead atoms. The summed E-state index contributed by atoms with van der Waals surface area (Å²) in [7, 11) is 0. The van der Waals surface area contributed by atoms with Gasteiger partial charge in [-0.25, -0.2) is 9.97 Å². The fourth-order valence-corrected chi connectivity index (χ4v) is 2.86. The van der Waals surface area contributed by atoms with Crippen molar-refractivity contribution < 1.29 is 9.26 Å². The normalized spacial score (nSPS) is 16.8. The molecule has 1 saturated heterocycles. The zero-order valence-corrected chi connectivity index (χ0v) is 14.8. The van der Waals surface area contributed by atoms with Crippen molar-refractivity contribution in [1.29, 1.82) is 0 Å². The fraction of sp³-hybridized carbons (Fsp3) is 0.389. The van der Waals surface area contributed by atoms with Crippen LogP contribution in [-0.2, 0) is 4.74 Å². The summed E-state index contributed by atoms with van der Waals surface area (Å²) in [5.74, 6) is 1.13. The summed E-state index contributed by atoms with van der Waals surface area (Å²) < 4.78 is 11.0. The number of aromatic nitrogens is 5. The molecule has 8 heteroatoms. The maximum Gasteiger partial charge on any atom is 0.223 e. The van der Waals surface area contributed by atoms with Gasteiger partial charge >= 0.3 is 0 Å². The Bertz CT molecular complexity index is 887. The van der Waals surface area contributed by atoms with E-state index in [1.165, 1.54) is 0 Å². The third-order valence-corrected chi connectivity index (χ3v) is 4.22. The lowest BCUT2D eigenvalue weighted by Gasteiger charge is -2.12. The van der Waals surface area contributed by atoms with Crippen molar-refractivity contribution >= 4 is 5.95 Å². The van der Waals surface area contributed by atoms with Crippen LogP contribution < -0.4 is 5.32 Å². The van der Waals surface area contributed by atoms with Crippen LogP contribution in [0.1, 0.15) is 24.2 Å². The van der Waals surface area contributed by atoms with E-state index in [-0.39, 0.29) is 6.10 Å². The van der Waals surface area contributed by atoms with Gasteiger partial charge in [0.15, 0.2) is 5.76 Å². The third-order valence-electron chi connectivity index (χ3n) is 4.22. The van der Waals surface area contributed by atoms with Crippen LogP contribution >= 0.6 is 0 Å². The van der Waals surface area contributed by atoms with Gasteiger partial charge in [0.2, 0.25) is 5.95 Å². The van der Waals surface area contributed by atoms with Crippen LogP contribution in [-0.4, -0.2) is 44.3 Å². The number of ether oxygens (including phenoxy) is 1. The molecule has 0 radical (unpaired) electrons. The first-order chi connectivity index (χ1) is 12.7. The number of anilines is 1. The molecule has 4 heterocycles. The highest BCUT2D eigenvalue weighted by Crippen LogP contribution is 2.30. The van der Waals surface area contributed by atoms with Gasteiger partial charge < -0.3 is 14.6 Å². The minimum atomic E-state index is 0.206. The Labute approximate surface area is 151 Å². The molecule has 1 aliphatic heterocycles. The van der Waals surface area contributed by atoms with E-state index in [0.29, 0.717) is 29.6 Å². The molecule has 0 unspecified atom stereocenters. The molecule has 1 N–H and O–H groups in total. The molecule has 1 aliphatic rings. The minimum absolute atomic E-state index is 0.206. The molecule has 0 aliphatic carbocycles. The molecule has 0 spiro atoms. The lowest BCUT2D eigenvalue weighted by atomic mass is 10.1. The first kappa shape index (κ1) is 16.6. The van der Waals surface area contributed by atoms with Crippen LogP contribution in [0.3, 0.4) is 0 Å². The molecule has 0 amide bonds. The first-order valence-corrected chi connectivity index (χ1v) is 8.64. The highest BCUT2D eigenvalue weighted by atomic mass is 16.5. The van der Waals surface area contributed by atoms with Gasteiger partial charge in [-0.15, -0.1) is 0 Å². The van der Waals surface area contributed by atoms with Crippen molar-refractivity contribution in [1.82, 2.24) is 25.1 Å². The molecule has 1 fully saturated rings. The third kappa shape index (κ3) is 3.55. The standard InChI is InChI=1S/C18H20N6O2/c1-11-6-16(26-24-11)14-9-22-18(21-8-13-4-3-5-25-13)23-17(14)15-10-19-12(2)7-20-15/h6-7,9-10,13H,3-5,8H2,1-2H3,(H,21,22,23)/t13-/m0/s1. The van der Waals surface area contributed by atoms with Crippen molar-refractivity contribution in [3.8, 4) is 22.7 Å². The maximum atomic E-state index is 5.63. The average Bonchev–Trinajstić information content (AvgIpc) is 3.32. The number of nitrogens with one attached hydrogen (secondary N) is 1. The Morgan fingerprint density at radius 1 is 1.12 bits per heavy atom. The van der Waals surface area contributed by atoms with Gasteiger partial charge in [-0.1, -0.05) is 5.16 Å². The summed E-state index contributed by atoms with van der Waals surface area (Å²) in [6.07, 6.45) is 7.50. The smallest absolute Gasteiger partial charge is 0.223 e. The molecular formula is C18H20N6O2. The Balaban J connectivity index is 1.68. The van der Waals surface area contributed by atoms with Gasteiger partial charge in [-0.2, -0.15) is 0 Å². The van der Waals surface area contributed by atoms with E-state index in [2.05, 4.69) is 30.4 Å².